The molecule has 0 aliphatic rings. The van der Waals surface area contributed by atoms with Crippen molar-refractivity contribution < 1.29 is 16.8 Å². The summed E-state index contributed by atoms with van der Waals surface area (Å²) in [5, 5.41) is 0. The van der Waals surface area contributed by atoms with Gasteiger partial charge in [-0.3, -0.25) is 0 Å². The molecule has 0 aliphatic carbocycles. The average molecular weight is 353 g/mol. The third-order valence-electron chi connectivity index (χ3n) is 3.55. The molecule has 0 aromatic heterocycles. The largest absolute Gasteiger partial charge is 0.241 e. The van der Waals surface area contributed by atoms with Crippen LogP contribution >= 0.6 is 0 Å². The van der Waals surface area contributed by atoms with Crippen molar-refractivity contribution in [2.45, 2.75) is 29.7 Å². The minimum atomic E-state index is -3.73. The summed E-state index contributed by atoms with van der Waals surface area (Å²) in [6, 6.07) is 12.3. The summed E-state index contributed by atoms with van der Waals surface area (Å²) in [6.45, 7) is 3.69. The molecule has 2 aromatic rings. The van der Waals surface area contributed by atoms with E-state index in [-0.39, 0.29) is 9.79 Å². The van der Waals surface area contributed by atoms with Gasteiger partial charge in [-0.05, 0) is 49.2 Å². The summed E-state index contributed by atoms with van der Waals surface area (Å²) in [4.78, 5) is 0.119. The van der Waals surface area contributed by atoms with E-state index in [1.54, 1.807) is 6.92 Å². The first-order valence-corrected chi connectivity index (χ1v) is 10.4. The second-order valence-corrected chi connectivity index (χ2v) is 9.17. The van der Waals surface area contributed by atoms with Crippen molar-refractivity contribution >= 4 is 19.9 Å². The minimum Gasteiger partial charge on any atom is -0.224 e. The minimum absolute atomic E-state index is 0.0327. The van der Waals surface area contributed by atoms with E-state index in [2.05, 4.69) is 4.72 Å². The van der Waals surface area contributed by atoms with Gasteiger partial charge in [-0.1, -0.05) is 24.3 Å². The van der Waals surface area contributed by atoms with Gasteiger partial charge in [-0.15, -0.1) is 0 Å². The number of rotatable bonds is 5. The lowest BCUT2D eigenvalue weighted by atomic mass is 10.0. The first-order chi connectivity index (χ1) is 10.6. The number of hydrogen-bond acceptors (Lipinski definition) is 4. The molecular weight excluding hydrogens is 334 g/mol. The van der Waals surface area contributed by atoms with Crippen LogP contribution in [0.1, 0.15) is 24.1 Å². The lowest BCUT2D eigenvalue weighted by molar-refractivity contribution is 0.566. The van der Waals surface area contributed by atoms with Crippen LogP contribution in [0.25, 0.3) is 0 Å². The lowest BCUT2D eigenvalue weighted by Crippen LogP contribution is -2.27. The van der Waals surface area contributed by atoms with Gasteiger partial charge in [0.1, 0.15) is 0 Å². The maximum Gasteiger partial charge on any atom is 0.241 e. The Morgan fingerprint density at radius 3 is 1.91 bits per heavy atom. The van der Waals surface area contributed by atoms with Gasteiger partial charge in [-0.25, -0.2) is 21.6 Å². The highest BCUT2D eigenvalue weighted by atomic mass is 32.2. The van der Waals surface area contributed by atoms with Gasteiger partial charge in [0.25, 0.3) is 0 Å². The van der Waals surface area contributed by atoms with E-state index in [0.717, 1.165) is 17.4 Å². The first-order valence-electron chi connectivity index (χ1n) is 6.99. The zero-order valence-electron chi connectivity index (χ0n) is 13.1. The molecule has 0 unspecified atom stereocenters. The summed E-state index contributed by atoms with van der Waals surface area (Å²) in [5.74, 6) is 0. The van der Waals surface area contributed by atoms with Crippen LogP contribution in [-0.2, 0) is 19.9 Å². The van der Waals surface area contributed by atoms with Gasteiger partial charge in [0.2, 0.25) is 10.0 Å². The standard InChI is InChI=1S/C16H19NO4S2/c1-12-6-4-5-7-16(12)13(2)17-23(20,21)15-10-8-14(9-11-15)22(3,18)19/h4-11,13,17H,1-3H3/t13-/m1/s1. The summed E-state index contributed by atoms with van der Waals surface area (Å²) < 4.78 is 50.3. The van der Waals surface area contributed by atoms with Crippen molar-refractivity contribution in [3.05, 3.63) is 59.7 Å². The topological polar surface area (TPSA) is 80.3 Å². The molecule has 7 heteroatoms. The van der Waals surface area contributed by atoms with Crippen LogP contribution in [0.5, 0.6) is 0 Å². The highest BCUT2D eigenvalue weighted by Gasteiger charge is 2.20. The number of sulfone groups is 1. The van der Waals surface area contributed by atoms with Crippen LogP contribution in [0, 0.1) is 6.92 Å². The number of benzene rings is 2. The predicted molar refractivity (Wildman–Crippen MR) is 89.5 cm³/mol. The van der Waals surface area contributed by atoms with Gasteiger partial charge in [0.15, 0.2) is 9.84 Å². The molecule has 0 spiro atoms. The monoisotopic (exact) mass is 353 g/mol. The molecule has 23 heavy (non-hydrogen) atoms. The fraction of sp³-hybridized carbons (Fsp3) is 0.250. The number of nitrogens with one attached hydrogen (secondary N) is 1. The van der Waals surface area contributed by atoms with E-state index in [1.165, 1.54) is 24.3 Å². The van der Waals surface area contributed by atoms with Gasteiger partial charge < -0.3 is 0 Å². The van der Waals surface area contributed by atoms with Crippen molar-refractivity contribution in [2.75, 3.05) is 6.26 Å². The van der Waals surface area contributed by atoms with Crippen LogP contribution < -0.4 is 4.72 Å². The molecule has 0 aliphatic heterocycles. The number of hydrogen-bond donors (Lipinski definition) is 1. The maximum atomic E-state index is 12.4. The van der Waals surface area contributed by atoms with Crippen molar-refractivity contribution in [3.63, 3.8) is 0 Å². The van der Waals surface area contributed by atoms with Gasteiger partial charge >= 0.3 is 0 Å². The molecular formula is C16H19NO4S2. The van der Waals surface area contributed by atoms with E-state index in [0.29, 0.717) is 0 Å². The molecule has 0 fully saturated rings. The Balaban J connectivity index is 2.27. The zero-order chi connectivity index (χ0) is 17.3. The van der Waals surface area contributed by atoms with Gasteiger partial charge in [-0.2, -0.15) is 0 Å². The molecule has 2 aromatic carbocycles. The van der Waals surface area contributed by atoms with E-state index < -0.39 is 25.9 Å². The van der Waals surface area contributed by atoms with Crippen LogP contribution in [0.2, 0.25) is 0 Å². The SMILES string of the molecule is Cc1ccccc1[C@@H](C)NS(=O)(=O)c1ccc(S(C)(=O)=O)cc1. The first kappa shape index (κ1) is 17.7. The molecule has 1 atom stereocenters. The van der Waals surface area contributed by atoms with E-state index in [1.807, 2.05) is 31.2 Å². The summed E-state index contributed by atoms with van der Waals surface area (Å²) in [7, 11) is -7.08. The van der Waals surface area contributed by atoms with Crippen molar-refractivity contribution in [1.29, 1.82) is 0 Å². The number of sulfonamides is 1. The second-order valence-electron chi connectivity index (χ2n) is 5.44. The lowest BCUT2D eigenvalue weighted by Gasteiger charge is -2.16. The van der Waals surface area contributed by atoms with Crippen molar-refractivity contribution in [3.8, 4) is 0 Å². The Morgan fingerprint density at radius 2 is 1.39 bits per heavy atom. The Bertz CT molecular complexity index is 901. The summed E-state index contributed by atoms with van der Waals surface area (Å²) in [5.41, 5.74) is 1.89. The molecule has 1 N–H and O–H groups in total. The zero-order valence-corrected chi connectivity index (χ0v) is 14.8. The van der Waals surface area contributed by atoms with Crippen molar-refractivity contribution in [1.82, 2.24) is 4.72 Å². The predicted octanol–water partition coefficient (Wildman–Crippen LogP) is 2.44. The third-order valence-corrected chi connectivity index (χ3v) is 6.23. The van der Waals surface area contributed by atoms with E-state index in [9.17, 15) is 16.8 Å². The third kappa shape index (κ3) is 4.19. The molecule has 2 rings (SSSR count). The molecule has 0 amide bonds. The van der Waals surface area contributed by atoms with Gasteiger partial charge in [0, 0.05) is 12.3 Å². The van der Waals surface area contributed by atoms with Crippen molar-refractivity contribution in [2.24, 2.45) is 0 Å². The Labute approximate surface area is 137 Å². The van der Waals surface area contributed by atoms with Crippen LogP contribution in [0.4, 0.5) is 0 Å². The normalized spacial score (nSPS) is 13.7. The molecule has 0 radical (unpaired) electrons. The summed E-state index contributed by atoms with van der Waals surface area (Å²) in [6.07, 6.45) is 1.08. The maximum absolute atomic E-state index is 12.4. The second kappa shape index (κ2) is 6.43. The molecule has 0 heterocycles. The highest BCUT2D eigenvalue weighted by molar-refractivity contribution is 7.90. The molecule has 124 valence electrons. The molecule has 5 nitrogen and oxygen atoms in total. The Kier molecular flexibility index (Phi) is 4.93. The van der Waals surface area contributed by atoms with Crippen LogP contribution in [0.15, 0.2) is 58.3 Å². The molecule has 0 saturated carbocycles. The quantitative estimate of drug-likeness (QED) is 0.895. The fourth-order valence-electron chi connectivity index (χ4n) is 2.30. The van der Waals surface area contributed by atoms with E-state index in [4.69, 9.17) is 0 Å². The Hall–Kier alpha value is -1.70. The van der Waals surface area contributed by atoms with E-state index >= 15 is 0 Å². The Morgan fingerprint density at radius 1 is 0.870 bits per heavy atom. The average Bonchev–Trinajstić information content (AvgIpc) is 2.46. The molecule has 0 bridgehead atoms. The van der Waals surface area contributed by atoms with Crippen LogP contribution in [0.3, 0.4) is 0 Å². The molecule has 0 saturated heterocycles. The fourth-order valence-corrected chi connectivity index (χ4v) is 4.16. The smallest absolute Gasteiger partial charge is 0.224 e. The summed E-state index contributed by atoms with van der Waals surface area (Å²) >= 11 is 0. The van der Waals surface area contributed by atoms with Crippen LogP contribution in [-0.4, -0.2) is 23.1 Å². The highest BCUT2D eigenvalue weighted by Crippen LogP contribution is 2.20. The number of aryl methyl sites for hydroxylation is 1. The van der Waals surface area contributed by atoms with Gasteiger partial charge in [0.05, 0.1) is 9.79 Å².